The number of aromatic nitrogens is 2. The van der Waals surface area contributed by atoms with E-state index in [0.29, 0.717) is 16.9 Å². The van der Waals surface area contributed by atoms with E-state index in [4.69, 9.17) is 4.74 Å². The lowest BCUT2D eigenvalue weighted by atomic mass is 9.80. The van der Waals surface area contributed by atoms with E-state index >= 15 is 0 Å². The van der Waals surface area contributed by atoms with Crippen molar-refractivity contribution in [1.29, 1.82) is 0 Å². The van der Waals surface area contributed by atoms with Gasteiger partial charge in [-0.3, -0.25) is 4.79 Å². The first-order valence-corrected chi connectivity index (χ1v) is 9.07. The molecule has 1 aromatic carbocycles. The summed E-state index contributed by atoms with van der Waals surface area (Å²) in [6, 6.07) is 8.57. The lowest BCUT2D eigenvalue weighted by molar-refractivity contribution is -0.138. The molecule has 1 atom stereocenters. The number of halogens is 3. The largest absolute Gasteiger partial charge is 0.475 e. The second-order valence-electron chi connectivity index (χ2n) is 7.02. The number of fused-ring (bicyclic) bond motifs is 2. The number of ether oxygens (including phenoxy) is 1. The predicted molar refractivity (Wildman–Crippen MR) is 103 cm³/mol. The van der Waals surface area contributed by atoms with Crippen molar-refractivity contribution in [3.05, 3.63) is 81.4 Å². The molecule has 8 heteroatoms. The lowest BCUT2D eigenvalue weighted by Crippen LogP contribution is -2.27. The Kier molecular flexibility index (Phi) is 4.56. The summed E-state index contributed by atoms with van der Waals surface area (Å²) in [5.74, 6) is -0.799. The number of benzene rings is 1. The van der Waals surface area contributed by atoms with Crippen molar-refractivity contribution in [1.82, 2.24) is 9.97 Å². The molecule has 5 nitrogen and oxygen atoms in total. The van der Waals surface area contributed by atoms with Crippen LogP contribution in [0.3, 0.4) is 0 Å². The van der Waals surface area contributed by atoms with Crippen LogP contribution in [0, 0.1) is 0 Å². The summed E-state index contributed by atoms with van der Waals surface area (Å²) >= 11 is 0. The van der Waals surface area contributed by atoms with E-state index in [9.17, 15) is 18.0 Å². The van der Waals surface area contributed by atoms with E-state index in [-0.39, 0.29) is 23.1 Å². The quantitative estimate of drug-likeness (QED) is 0.517. The molecule has 2 aromatic heterocycles. The maximum Gasteiger partial charge on any atom is 0.416 e. The van der Waals surface area contributed by atoms with Crippen LogP contribution in [0.5, 0.6) is 5.88 Å². The molecule has 29 heavy (non-hydrogen) atoms. The maximum absolute atomic E-state index is 13.8. The van der Waals surface area contributed by atoms with Crippen molar-refractivity contribution in [3.8, 4) is 5.88 Å². The standard InChI is InChI=1S/C21H18F3N3O2/c1-11(2)29-20-18-15(8-10-26-20)27-14-7-9-25-19(28)17(14)16(18)12-5-3-4-6-13(12)21(22,23)24/h3-11,16,27H,1-2H3,(H,25,28). The van der Waals surface area contributed by atoms with Crippen molar-refractivity contribution in [2.24, 2.45) is 0 Å². The highest BCUT2D eigenvalue weighted by Crippen LogP contribution is 2.49. The number of aromatic amines is 1. The average Bonchev–Trinajstić information content (AvgIpc) is 2.66. The number of hydrogen-bond acceptors (Lipinski definition) is 4. The minimum Gasteiger partial charge on any atom is -0.475 e. The van der Waals surface area contributed by atoms with Gasteiger partial charge in [-0.1, -0.05) is 18.2 Å². The first-order chi connectivity index (χ1) is 13.8. The highest BCUT2D eigenvalue weighted by molar-refractivity contribution is 5.77. The van der Waals surface area contributed by atoms with Crippen LogP contribution in [0.15, 0.2) is 53.6 Å². The Morgan fingerprint density at radius 2 is 1.79 bits per heavy atom. The smallest absolute Gasteiger partial charge is 0.416 e. The van der Waals surface area contributed by atoms with E-state index in [1.54, 1.807) is 26.0 Å². The zero-order valence-electron chi connectivity index (χ0n) is 15.7. The number of anilines is 2. The molecule has 0 spiro atoms. The molecular formula is C21H18F3N3O2. The van der Waals surface area contributed by atoms with E-state index < -0.39 is 23.2 Å². The van der Waals surface area contributed by atoms with Gasteiger partial charge in [0.05, 0.1) is 17.2 Å². The summed E-state index contributed by atoms with van der Waals surface area (Å²) in [6.07, 6.45) is -1.85. The third-order valence-electron chi connectivity index (χ3n) is 4.72. The lowest BCUT2D eigenvalue weighted by Gasteiger charge is -2.31. The predicted octanol–water partition coefficient (Wildman–Crippen LogP) is 4.81. The molecule has 0 aliphatic carbocycles. The molecule has 150 valence electrons. The van der Waals surface area contributed by atoms with Gasteiger partial charge in [0.25, 0.3) is 5.56 Å². The molecule has 1 aliphatic heterocycles. The highest BCUT2D eigenvalue weighted by Gasteiger charge is 2.40. The van der Waals surface area contributed by atoms with Gasteiger partial charge in [-0.2, -0.15) is 13.2 Å². The van der Waals surface area contributed by atoms with Crippen LogP contribution < -0.4 is 15.6 Å². The fourth-order valence-electron chi connectivity index (χ4n) is 3.65. The third-order valence-corrected chi connectivity index (χ3v) is 4.72. The Bertz CT molecular complexity index is 1120. The van der Waals surface area contributed by atoms with Crippen LogP contribution in [0.25, 0.3) is 0 Å². The molecule has 3 aromatic rings. The zero-order chi connectivity index (χ0) is 20.8. The van der Waals surface area contributed by atoms with Gasteiger partial charge in [-0.15, -0.1) is 0 Å². The van der Waals surface area contributed by atoms with Crippen molar-refractivity contribution >= 4 is 11.4 Å². The molecule has 0 bridgehead atoms. The van der Waals surface area contributed by atoms with Crippen LogP contribution in [-0.2, 0) is 6.18 Å². The van der Waals surface area contributed by atoms with Crippen LogP contribution in [0.4, 0.5) is 24.5 Å². The van der Waals surface area contributed by atoms with Gasteiger partial charge >= 0.3 is 6.18 Å². The Labute approximate surface area is 164 Å². The van der Waals surface area contributed by atoms with Crippen molar-refractivity contribution in [2.45, 2.75) is 32.0 Å². The number of rotatable bonds is 3. The maximum atomic E-state index is 13.8. The van der Waals surface area contributed by atoms with Gasteiger partial charge in [-0.25, -0.2) is 4.98 Å². The van der Waals surface area contributed by atoms with E-state index in [2.05, 4.69) is 15.3 Å². The van der Waals surface area contributed by atoms with Gasteiger partial charge in [-0.05, 0) is 37.6 Å². The molecule has 0 radical (unpaired) electrons. The Hall–Kier alpha value is -3.29. The monoisotopic (exact) mass is 401 g/mol. The number of pyridine rings is 2. The molecule has 4 rings (SSSR count). The van der Waals surface area contributed by atoms with Gasteiger partial charge < -0.3 is 15.0 Å². The SMILES string of the molecule is CC(C)Oc1nccc2c1C(c1ccccc1C(F)(F)F)c1c(cc[nH]c1=O)N2. The summed E-state index contributed by atoms with van der Waals surface area (Å²) < 4.78 is 47.3. The first-order valence-electron chi connectivity index (χ1n) is 9.07. The molecule has 0 fully saturated rings. The van der Waals surface area contributed by atoms with Crippen LogP contribution in [0.2, 0.25) is 0 Å². The Morgan fingerprint density at radius 3 is 2.52 bits per heavy atom. The fourth-order valence-corrected chi connectivity index (χ4v) is 3.65. The van der Waals surface area contributed by atoms with Gasteiger partial charge in [0, 0.05) is 35.2 Å². The molecule has 0 saturated carbocycles. The Morgan fingerprint density at radius 1 is 1.07 bits per heavy atom. The van der Waals surface area contributed by atoms with Gasteiger partial charge in [0.15, 0.2) is 0 Å². The number of H-pyrrole nitrogens is 1. The molecule has 1 unspecified atom stereocenters. The summed E-state index contributed by atoms with van der Waals surface area (Å²) in [7, 11) is 0. The van der Waals surface area contributed by atoms with Crippen LogP contribution in [0.1, 0.15) is 42.0 Å². The number of hydrogen-bond donors (Lipinski definition) is 2. The molecule has 0 saturated heterocycles. The van der Waals surface area contributed by atoms with Gasteiger partial charge in [0.1, 0.15) is 0 Å². The number of nitrogens with one attached hydrogen (secondary N) is 2. The summed E-state index contributed by atoms with van der Waals surface area (Å²) in [6.45, 7) is 3.60. The summed E-state index contributed by atoms with van der Waals surface area (Å²) in [4.78, 5) is 19.5. The first kappa shape index (κ1) is 19.0. The highest BCUT2D eigenvalue weighted by atomic mass is 19.4. The Balaban J connectivity index is 2.06. The molecule has 0 amide bonds. The van der Waals surface area contributed by atoms with Crippen LogP contribution >= 0.6 is 0 Å². The van der Waals surface area contributed by atoms with Crippen molar-refractivity contribution in [2.75, 3.05) is 5.32 Å². The second-order valence-corrected chi connectivity index (χ2v) is 7.02. The van der Waals surface area contributed by atoms with Crippen molar-refractivity contribution in [3.63, 3.8) is 0 Å². The third kappa shape index (κ3) is 3.35. The number of alkyl halides is 3. The number of nitrogens with zero attached hydrogens (tertiary/aromatic N) is 1. The van der Waals surface area contributed by atoms with Crippen LogP contribution in [-0.4, -0.2) is 16.1 Å². The normalized spacial score (nSPS) is 15.4. The van der Waals surface area contributed by atoms with Gasteiger partial charge in [0.2, 0.25) is 5.88 Å². The minimum atomic E-state index is -4.58. The average molecular weight is 401 g/mol. The molecule has 3 heterocycles. The molecule has 2 N–H and O–H groups in total. The molecule has 1 aliphatic rings. The summed E-state index contributed by atoms with van der Waals surface area (Å²) in [5, 5.41) is 3.13. The van der Waals surface area contributed by atoms with Crippen molar-refractivity contribution < 1.29 is 17.9 Å². The zero-order valence-corrected chi connectivity index (χ0v) is 15.7. The van der Waals surface area contributed by atoms with E-state index in [1.165, 1.54) is 30.6 Å². The fraction of sp³-hybridized carbons (Fsp3) is 0.238. The minimum absolute atomic E-state index is 0.0256. The van der Waals surface area contributed by atoms with E-state index in [1.807, 2.05) is 0 Å². The topological polar surface area (TPSA) is 67.0 Å². The summed E-state index contributed by atoms with van der Waals surface area (Å²) in [5.41, 5.74) is 0.303. The van der Waals surface area contributed by atoms with E-state index in [0.717, 1.165) is 6.07 Å². The second kappa shape index (κ2) is 6.95. The molecular weight excluding hydrogens is 383 g/mol.